The van der Waals surface area contributed by atoms with Crippen LogP contribution in [0.2, 0.25) is 0 Å². The van der Waals surface area contributed by atoms with Gasteiger partial charge in [0.25, 0.3) is 0 Å². The van der Waals surface area contributed by atoms with Gasteiger partial charge in [-0.3, -0.25) is 4.79 Å². The molecule has 5 nitrogen and oxygen atoms in total. The molecular weight excluding hydrogens is 240 g/mol. The molecule has 0 bridgehead atoms. The van der Waals surface area contributed by atoms with Crippen molar-refractivity contribution in [1.82, 2.24) is 10.2 Å². The quantitative estimate of drug-likeness (QED) is 0.400. The van der Waals surface area contributed by atoms with Crippen molar-refractivity contribution in [3.63, 3.8) is 0 Å². The topological polar surface area (TPSA) is 70.7 Å². The largest absolute Gasteiger partial charge is 0.359 e. The molecule has 19 heavy (non-hydrogen) atoms. The van der Waals surface area contributed by atoms with Crippen LogP contribution in [-0.4, -0.2) is 36.9 Å². The Balaban J connectivity index is 4.70. The second-order valence-electron chi connectivity index (χ2n) is 4.65. The van der Waals surface area contributed by atoms with Crippen LogP contribution in [0.3, 0.4) is 0 Å². The van der Waals surface area contributed by atoms with Crippen molar-refractivity contribution in [2.75, 3.05) is 13.6 Å². The van der Waals surface area contributed by atoms with Crippen LogP contribution in [0.4, 0.5) is 0 Å². The highest BCUT2D eigenvalue weighted by molar-refractivity contribution is 5.78. The van der Waals surface area contributed by atoms with Gasteiger partial charge in [0.1, 0.15) is 0 Å². The van der Waals surface area contributed by atoms with Gasteiger partial charge in [0, 0.05) is 19.3 Å². The van der Waals surface area contributed by atoms with Gasteiger partial charge >= 0.3 is 0 Å². The summed E-state index contributed by atoms with van der Waals surface area (Å²) in [7, 11) is 1.64. The molecule has 0 saturated carbocycles. The van der Waals surface area contributed by atoms with Gasteiger partial charge in [-0.1, -0.05) is 26.8 Å². The van der Waals surface area contributed by atoms with Crippen molar-refractivity contribution < 1.29 is 4.79 Å². The Morgan fingerprint density at radius 3 is 2.47 bits per heavy atom. The van der Waals surface area contributed by atoms with Gasteiger partial charge < -0.3 is 16.0 Å². The van der Waals surface area contributed by atoms with E-state index in [0.29, 0.717) is 6.54 Å². The van der Waals surface area contributed by atoms with Gasteiger partial charge in [0.15, 0.2) is 0 Å². The first-order valence-corrected chi connectivity index (χ1v) is 6.92. The summed E-state index contributed by atoms with van der Waals surface area (Å²) < 4.78 is 0. The van der Waals surface area contributed by atoms with Gasteiger partial charge in [0.05, 0.1) is 18.4 Å². The van der Waals surface area contributed by atoms with Crippen LogP contribution in [0.5, 0.6) is 0 Å². The highest BCUT2D eigenvalue weighted by Gasteiger charge is 2.16. The maximum atomic E-state index is 11.5. The zero-order chi connectivity index (χ0) is 14.8. The molecule has 110 valence electrons. The predicted molar refractivity (Wildman–Crippen MR) is 80.7 cm³/mol. The van der Waals surface area contributed by atoms with Gasteiger partial charge in [-0.25, -0.2) is 4.99 Å². The lowest BCUT2D eigenvalue weighted by Crippen LogP contribution is -2.44. The Labute approximate surface area is 117 Å². The summed E-state index contributed by atoms with van der Waals surface area (Å²) in [5, 5.41) is 2.64. The van der Waals surface area contributed by atoms with Crippen molar-refractivity contribution >= 4 is 12.2 Å². The fraction of sp³-hybridized carbons (Fsp3) is 0.714. The molecule has 0 saturated heterocycles. The van der Waals surface area contributed by atoms with Crippen LogP contribution in [0, 0.1) is 5.92 Å². The third kappa shape index (κ3) is 6.96. The number of nitrogens with two attached hydrogens (primary N) is 1. The number of hydrogen-bond donors (Lipinski definition) is 2. The summed E-state index contributed by atoms with van der Waals surface area (Å²) in [6, 6.07) is 0. The van der Waals surface area contributed by atoms with Gasteiger partial charge in [0.2, 0.25) is 5.91 Å². The Morgan fingerprint density at radius 1 is 1.42 bits per heavy atom. The summed E-state index contributed by atoms with van der Waals surface area (Å²) in [6.07, 6.45) is 5.53. The second-order valence-corrected chi connectivity index (χ2v) is 4.65. The van der Waals surface area contributed by atoms with E-state index in [1.807, 2.05) is 18.7 Å². The highest BCUT2D eigenvalue weighted by Crippen LogP contribution is 2.05. The van der Waals surface area contributed by atoms with E-state index in [4.69, 9.17) is 5.73 Å². The minimum absolute atomic E-state index is 0.0128. The van der Waals surface area contributed by atoms with Crippen LogP contribution in [0.15, 0.2) is 16.8 Å². The fourth-order valence-electron chi connectivity index (χ4n) is 1.64. The third-order valence-electron chi connectivity index (χ3n) is 2.88. The SMILES string of the molecule is CC/C=C(CC)/N=C\N(CC(C)C(=O)NC)C(C)N. The number of rotatable bonds is 8. The molecule has 2 unspecified atom stereocenters. The van der Waals surface area contributed by atoms with E-state index in [9.17, 15) is 4.79 Å². The predicted octanol–water partition coefficient (Wildman–Crippen LogP) is 1.71. The molecule has 1 amide bonds. The molecule has 3 N–H and O–H groups in total. The second kappa shape index (κ2) is 9.55. The zero-order valence-electron chi connectivity index (χ0n) is 12.8. The maximum absolute atomic E-state index is 11.5. The number of allylic oxidation sites excluding steroid dienone is 2. The number of nitrogens with one attached hydrogen (secondary N) is 1. The standard InChI is InChI=1S/C14H28N4O/c1-6-8-13(7-2)17-10-18(12(4)15)9-11(3)14(19)16-5/h8,10-12H,6-7,9,15H2,1-5H3,(H,16,19)/b13-8+,17-10-. The minimum atomic E-state index is -0.171. The van der Waals surface area contributed by atoms with Crippen LogP contribution in [-0.2, 0) is 4.79 Å². The molecule has 0 aromatic heterocycles. The molecule has 0 rings (SSSR count). The average Bonchev–Trinajstić information content (AvgIpc) is 2.40. The van der Waals surface area contributed by atoms with Gasteiger partial charge in [-0.2, -0.15) is 0 Å². The number of carbonyl (C=O) groups is 1. The van der Waals surface area contributed by atoms with E-state index in [1.165, 1.54) is 0 Å². The molecule has 2 atom stereocenters. The van der Waals surface area contributed by atoms with Crippen molar-refractivity contribution in [1.29, 1.82) is 0 Å². The summed E-state index contributed by atoms with van der Waals surface area (Å²) in [5.74, 6) is -0.110. The molecule has 0 radical (unpaired) electrons. The Hall–Kier alpha value is -1.36. The van der Waals surface area contributed by atoms with Crippen molar-refractivity contribution in [3.8, 4) is 0 Å². The molecule has 0 aliphatic heterocycles. The first-order chi connectivity index (χ1) is 8.96. The van der Waals surface area contributed by atoms with E-state index in [0.717, 1.165) is 18.5 Å². The smallest absolute Gasteiger partial charge is 0.224 e. The van der Waals surface area contributed by atoms with Crippen molar-refractivity contribution in [2.24, 2.45) is 16.6 Å². The van der Waals surface area contributed by atoms with E-state index < -0.39 is 0 Å². The lowest BCUT2D eigenvalue weighted by molar-refractivity contribution is -0.124. The van der Waals surface area contributed by atoms with Gasteiger partial charge in [-0.05, 0) is 19.8 Å². The summed E-state index contributed by atoms with van der Waals surface area (Å²) in [4.78, 5) is 17.9. The monoisotopic (exact) mass is 268 g/mol. The molecule has 0 heterocycles. The molecule has 0 spiro atoms. The first kappa shape index (κ1) is 17.6. The van der Waals surface area contributed by atoms with E-state index in [1.54, 1.807) is 13.4 Å². The Kier molecular flexibility index (Phi) is 8.87. The maximum Gasteiger partial charge on any atom is 0.224 e. The molecular formula is C14H28N4O. The van der Waals surface area contributed by atoms with Gasteiger partial charge in [-0.15, -0.1) is 0 Å². The van der Waals surface area contributed by atoms with E-state index in [2.05, 4.69) is 30.2 Å². The average molecular weight is 268 g/mol. The van der Waals surface area contributed by atoms with Crippen LogP contribution >= 0.6 is 0 Å². The molecule has 0 aliphatic carbocycles. The van der Waals surface area contributed by atoms with E-state index >= 15 is 0 Å². The number of carbonyl (C=O) groups excluding carboxylic acids is 1. The number of amides is 1. The van der Waals surface area contributed by atoms with E-state index in [-0.39, 0.29) is 18.0 Å². The minimum Gasteiger partial charge on any atom is -0.359 e. The Morgan fingerprint density at radius 2 is 2.05 bits per heavy atom. The van der Waals surface area contributed by atoms with Crippen molar-refractivity contribution in [3.05, 3.63) is 11.8 Å². The number of aliphatic imine (C=N–C) groups is 1. The third-order valence-corrected chi connectivity index (χ3v) is 2.88. The van der Waals surface area contributed by atoms with Crippen molar-refractivity contribution in [2.45, 2.75) is 46.7 Å². The number of nitrogens with zero attached hydrogens (tertiary/aromatic N) is 2. The van der Waals surface area contributed by atoms with Crippen LogP contribution < -0.4 is 11.1 Å². The highest BCUT2D eigenvalue weighted by atomic mass is 16.1. The molecule has 0 aromatic rings. The summed E-state index contributed by atoms with van der Waals surface area (Å²) in [6.45, 7) is 8.48. The van der Waals surface area contributed by atoms with Crippen LogP contribution in [0.25, 0.3) is 0 Å². The normalized spacial score (nSPS) is 15.4. The lowest BCUT2D eigenvalue weighted by Gasteiger charge is -2.26. The lowest BCUT2D eigenvalue weighted by atomic mass is 10.1. The summed E-state index contributed by atoms with van der Waals surface area (Å²) in [5.41, 5.74) is 6.95. The molecule has 0 aliphatic rings. The molecule has 0 aromatic carbocycles. The fourth-order valence-corrected chi connectivity index (χ4v) is 1.64. The molecule has 5 heteroatoms. The number of hydrogen-bond acceptors (Lipinski definition) is 3. The Bertz CT molecular complexity index is 323. The summed E-state index contributed by atoms with van der Waals surface area (Å²) >= 11 is 0. The van der Waals surface area contributed by atoms with Crippen LogP contribution in [0.1, 0.15) is 40.5 Å². The molecule has 0 fully saturated rings. The first-order valence-electron chi connectivity index (χ1n) is 6.92. The zero-order valence-corrected chi connectivity index (χ0v) is 12.8.